The maximum absolute atomic E-state index is 11.7. The van der Waals surface area contributed by atoms with Crippen molar-refractivity contribution in [2.75, 3.05) is 26.7 Å². The second kappa shape index (κ2) is 10.2. The normalized spacial score (nSPS) is 31.5. The standard InChI is InChI=1S/C26H38NO4/c1-18-15-24-23(12-11-20(3)26(24,29)16-25(18)31-21(4)28)19(2)17-27(5)13-14-30-22-9-7-6-8-10-22/h6-10,15-16,19-20,23-25,29H,11-14,17H2,1-5H3/t19?,20-,23+,24-,25-,26-/m1/s1. The van der Waals surface area contributed by atoms with E-state index >= 15 is 0 Å². The van der Waals surface area contributed by atoms with Crippen LogP contribution in [-0.4, -0.2) is 54.4 Å². The summed E-state index contributed by atoms with van der Waals surface area (Å²) < 4.78 is 11.3. The highest BCUT2D eigenvalue weighted by Gasteiger charge is 2.53. The Morgan fingerprint density at radius 3 is 2.68 bits per heavy atom. The minimum atomic E-state index is -0.939. The number of carbonyl (C=O) groups excluding carboxylic acids is 1. The zero-order valence-corrected chi connectivity index (χ0v) is 19.6. The van der Waals surface area contributed by atoms with E-state index in [2.05, 4.69) is 31.9 Å². The van der Waals surface area contributed by atoms with Crippen molar-refractivity contribution in [2.24, 2.45) is 23.7 Å². The molecular weight excluding hydrogens is 390 g/mol. The van der Waals surface area contributed by atoms with Crippen LogP contribution in [0.25, 0.3) is 0 Å². The molecule has 0 bridgehead atoms. The maximum Gasteiger partial charge on any atom is 0.303 e. The quantitative estimate of drug-likeness (QED) is 0.499. The Kier molecular flexibility index (Phi) is 7.82. The Balaban J connectivity index is 1.61. The fourth-order valence-electron chi connectivity index (χ4n) is 5.31. The third-order valence-electron chi connectivity index (χ3n) is 7.14. The SMILES string of the molecule is CC(=O)O[C@@H]1[CH][C@@]2(O)[C@H](C)CC[C@@H](C(C)CN(C)CCOc3ccccc3)[C@H]2C=C1C. The summed E-state index contributed by atoms with van der Waals surface area (Å²) >= 11 is 0. The molecule has 5 nitrogen and oxygen atoms in total. The lowest BCUT2D eigenvalue weighted by molar-refractivity contribution is -0.148. The van der Waals surface area contributed by atoms with Crippen molar-refractivity contribution in [2.45, 2.75) is 52.2 Å². The van der Waals surface area contributed by atoms with Crippen LogP contribution < -0.4 is 4.74 Å². The number of hydrogen-bond donors (Lipinski definition) is 1. The number of esters is 1. The number of nitrogens with zero attached hydrogens (tertiary/aromatic N) is 1. The minimum Gasteiger partial charge on any atom is -0.492 e. The van der Waals surface area contributed by atoms with Gasteiger partial charge < -0.3 is 19.5 Å². The van der Waals surface area contributed by atoms with E-state index in [9.17, 15) is 9.90 Å². The Morgan fingerprint density at radius 1 is 1.29 bits per heavy atom. The molecule has 2 aliphatic carbocycles. The van der Waals surface area contributed by atoms with E-state index in [-0.39, 0.29) is 17.8 Å². The Hall–Kier alpha value is -1.85. The van der Waals surface area contributed by atoms with Gasteiger partial charge >= 0.3 is 5.97 Å². The molecular formula is C26H38NO4. The van der Waals surface area contributed by atoms with Crippen molar-refractivity contribution in [1.82, 2.24) is 4.90 Å². The highest BCUT2D eigenvalue weighted by Crippen LogP contribution is 2.50. The highest BCUT2D eigenvalue weighted by molar-refractivity contribution is 5.66. The van der Waals surface area contributed by atoms with Crippen LogP contribution in [0.15, 0.2) is 42.0 Å². The number of rotatable bonds is 8. The number of para-hydroxylation sites is 1. The largest absolute Gasteiger partial charge is 0.492 e. The van der Waals surface area contributed by atoms with E-state index in [1.807, 2.05) is 43.7 Å². The molecule has 3 rings (SSSR count). The average Bonchev–Trinajstić information content (AvgIpc) is 2.71. The summed E-state index contributed by atoms with van der Waals surface area (Å²) in [6.07, 6.45) is 5.68. The van der Waals surface area contributed by atoms with Gasteiger partial charge in [-0.1, -0.05) is 38.1 Å². The monoisotopic (exact) mass is 428 g/mol. The molecule has 0 spiro atoms. The third kappa shape index (κ3) is 5.69. The molecule has 1 radical (unpaired) electrons. The summed E-state index contributed by atoms with van der Waals surface area (Å²) in [6, 6.07) is 9.90. The molecule has 2 aliphatic rings. The highest BCUT2D eigenvalue weighted by atomic mass is 16.5. The summed E-state index contributed by atoms with van der Waals surface area (Å²) in [5.74, 6) is 1.57. The summed E-state index contributed by atoms with van der Waals surface area (Å²) in [7, 11) is 2.13. The maximum atomic E-state index is 11.7. The van der Waals surface area contributed by atoms with Gasteiger partial charge in [0.25, 0.3) is 0 Å². The number of benzene rings is 1. The van der Waals surface area contributed by atoms with E-state index in [1.165, 1.54) is 6.92 Å². The number of ether oxygens (including phenoxy) is 2. The van der Waals surface area contributed by atoms with Gasteiger partial charge in [-0.15, -0.1) is 0 Å². The van der Waals surface area contributed by atoms with E-state index in [0.29, 0.717) is 18.4 Å². The second-order valence-corrected chi connectivity index (χ2v) is 9.56. The van der Waals surface area contributed by atoms with Gasteiger partial charge in [0, 0.05) is 32.4 Å². The molecule has 0 aliphatic heterocycles. The van der Waals surface area contributed by atoms with Crippen molar-refractivity contribution >= 4 is 5.97 Å². The summed E-state index contributed by atoms with van der Waals surface area (Å²) in [6.45, 7) is 10.3. The minimum absolute atomic E-state index is 0.0482. The van der Waals surface area contributed by atoms with Crippen molar-refractivity contribution in [3.05, 3.63) is 48.4 Å². The predicted molar refractivity (Wildman–Crippen MR) is 123 cm³/mol. The van der Waals surface area contributed by atoms with Crippen molar-refractivity contribution in [3.8, 4) is 5.75 Å². The zero-order chi connectivity index (χ0) is 22.6. The number of carbonyl (C=O) groups is 1. The van der Waals surface area contributed by atoms with Crippen LogP contribution in [-0.2, 0) is 9.53 Å². The van der Waals surface area contributed by atoms with Crippen LogP contribution >= 0.6 is 0 Å². The number of likely N-dealkylation sites (N-methyl/N-ethyl adjacent to an activating group) is 1. The van der Waals surface area contributed by atoms with Gasteiger partial charge in [-0.2, -0.15) is 0 Å². The molecule has 6 atom stereocenters. The van der Waals surface area contributed by atoms with E-state index < -0.39 is 11.7 Å². The molecule has 31 heavy (non-hydrogen) atoms. The predicted octanol–water partition coefficient (Wildman–Crippen LogP) is 4.12. The van der Waals surface area contributed by atoms with Gasteiger partial charge in [-0.25, -0.2) is 0 Å². The molecule has 0 amide bonds. The molecule has 5 heteroatoms. The summed E-state index contributed by atoms with van der Waals surface area (Å²) in [4.78, 5) is 13.8. The van der Waals surface area contributed by atoms with Crippen molar-refractivity contribution in [1.29, 1.82) is 0 Å². The van der Waals surface area contributed by atoms with Gasteiger partial charge in [0.2, 0.25) is 0 Å². The van der Waals surface area contributed by atoms with Crippen LogP contribution in [0.4, 0.5) is 0 Å². The van der Waals surface area contributed by atoms with Crippen molar-refractivity contribution < 1.29 is 19.4 Å². The van der Waals surface area contributed by atoms with E-state index in [4.69, 9.17) is 9.47 Å². The molecule has 0 aromatic heterocycles. The molecule has 1 saturated carbocycles. The number of aliphatic hydroxyl groups is 1. The first-order chi connectivity index (χ1) is 14.7. The number of fused-ring (bicyclic) bond motifs is 1. The molecule has 0 saturated heterocycles. The first kappa shape index (κ1) is 23.8. The summed E-state index contributed by atoms with van der Waals surface area (Å²) in [5, 5.41) is 11.7. The Labute approximate surface area is 187 Å². The Morgan fingerprint density at radius 2 is 2.00 bits per heavy atom. The zero-order valence-electron chi connectivity index (χ0n) is 19.6. The lowest BCUT2D eigenvalue weighted by atomic mass is 9.57. The van der Waals surface area contributed by atoms with Gasteiger partial charge in [-0.05, 0) is 62.3 Å². The average molecular weight is 429 g/mol. The van der Waals surface area contributed by atoms with Gasteiger partial charge in [-0.3, -0.25) is 4.79 Å². The molecule has 171 valence electrons. The first-order valence-electron chi connectivity index (χ1n) is 11.5. The fraction of sp³-hybridized carbons (Fsp3) is 0.615. The van der Waals surface area contributed by atoms with Gasteiger partial charge in [0.15, 0.2) is 0 Å². The number of hydrogen-bond acceptors (Lipinski definition) is 5. The van der Waals surface area contributed by atoms with Crippen LogP contribution in [0.5, 0.6) is 5.75 Å². The molecule has 1 fully saturated rings. The molecule has 1 aromatic carbocycles. The fourth-order valence-corrected chi connectivity index (χ4v) is 5.31. The van der Waals surface area contributed by atoms with Gasteiger partial charge in [0.05, 0.1) is 5.60 Å². The van der Waals surface area contributed by atoms with Crippen molar-refractivity contribution in [3.63, 3.8) is 0 Å². The lowest BCUT2D eigenvalue weighted by Gasteiger charge is -2.53. The summed E-state index contributed by atoms with van der Waals surface area (Å²) in [5.41, 5.74) is 0.0759. The topological polar surface area (TPSA) is 59.0 Å². The first-order valence-corrected chi connectivity index (χ1v) is 11.5. The second-order valence-electron chi connectivity index (χ2n) is 9.56. The molecule has 1 unspecified atom stereocenters. The lowest BCUT2D eigenvalue weighted by Crippen LogP contribution is -2.56. The van der Waals surface area contributed by atoms with Crippen LogP contribution in [0.3, 0.4) is 0 Å². The Bertz CT molecular complexity index is 764. The van der Waals surface area contributed by atoms with E-state index in [0.717, 1.165) is 37.3 Å². The van der Waals surface area contributed by atoms with Crippen LogP contribution in [0.2, 0.25) is 0 Å². The third-order valence-corrected chi connectivity index (χ3v) is 7.14. The smallest absolute Gasteiger partial charge is 0.303 e. The van der Waals surface area contributed by atoms with Crippen LogP contribution in [0.1, 0.15) is 40.5 Å². The van der Waals surface area contributed by atoms with Gasteiger partial charge in [0.1, 0.15) is 18.5 Å². The van der Waals surface area contributed by atoms with Crippen LogP contribution in [0, 0.1) is 30.1 Å². The van der Waals surface area contributed by atoms with E-state index in [1.54, 1.807) is 0 Å². The molecule has 1 aromatic rings. The molecule has 0 heterocycles. The molecule has 1 N–H and O–H groups in total.